The molecule has 20 heavy (non-hydrogen) atoms. The Hall–Kier alpha value is -0.660. The summed E-state index contributed by atoms with van der Waals surface area (Å²) in [6.45, 7) is 1.29. The summed E-state index contributed by atoms with van der Waals surface area (Å²) < 4.78 is 32.1. The molecule has 0 aliphatic carbocycles. The first-order valence-corrected chi connectivity index (χ1v) is 8.06. The van der Waals surface area contributed by atoms with Gasteiger partial charge in [-0.15, -0.1) is 0 Å². The van der Waals surface area contributed by atoms with Crippen LogP contribution in [0.5, 0.6) is 0 Å². The van der Waals surface area contributed by atoms with Gasteiger partial charge in [0.15, 0.2) is 0 Å². The fraction of sp³-hybridized carbons (Fsp3) is 0.538. The van der Waals surface area contributed by atoms with Crippen molar-refractivity contribution in [3.63, 3.8) is 0 Å². The average Bonchev–Trinajstić information content (AvgIpc) is 2.41. The molecule has 0 fully saturated rings. The molecule has 0 saturated carbocycles. The van der Waals surface area contributed by atoms with Crippen LogP contribution in [0, 0.1) is 0 Å². The van der Waals surface area contributed by atoms with Gasteiger partial charge in [-0.1, -0.05) is 23.7 Å². The summed E-state index contributed by atoms with van der Waals surface area (Å²) in [5.41, 5.74) is 0.894. The Labute approximate surface area is 126 Å². The van der Waals surface area contributed by atoms with Gasteiger partial charge in [0, 0.05) is 45.9 Å². The molecular weight excluding hydrogens is 300 g/mol. The highest BCUT2D eigenvalue weighted by molar-refractivity contribution is 7.86. The van der Waals surface area contributed by atoms with Gasteiger partial charge in [-0.25, -0.2) is 0 Å². The van der Waals surface area contributed by atoms with Crippen LogP contribution in [0.2, 0.25) is 5.02 Å². The van der Waals surface area contributed by atoms with E-state index in [0.717, 1.165) is 5.56 Å². The highest BCUT2D eigenvalue weighted by Gasteiger charge is 2.23. The van der Waals surface area contributed by atoms with E-state index in [0.29, 0.717) is 31.1 Å². The van der Waals surface area contributed by atoms with E-state index < -0.39 is 10.2 Å². The molecule has 1 rings (SSSR count). The standard InChI is InChI=1S/C13H21ClN2O3S/c1-15(9-4-10-19-3)20(17,18)16(2)11-12-5-7-13(14)8-6-12/h5-8H,4,9-11H2,1-3H3. The Morgan fingerprint density at radius 1 is 1.15 bits per heavy atom. The fourth-order valence-corrected chi connectivity index (χ4v) is 2.99. The molecule has 0 amide bonds. The predicted octanol–water partition coefficient (Wildman–Crippen LogP) is 1.98. The Balaban J connectivity index is 2.64. The summed E-state index contributed by atoms with van der Waals surface area (Å²) in [7, 11) is 1.29. The topological polar surface area (TPSA) is 49.9 Å². The maximum atomic E-state index is 12.3. The summed E-state index contributed by atoms with van der Waals surface area (Å²) in [6, 6.07) is 7.14. The van der Waals surface area contributed by atoms with Gasteiger partial charge in [0.1, 0.15) is 0 Å². The summed E-state index contributed by atoms with van der Waals surface area (Å²) >= 11 is 5.81. The van der Waals surface area contributed by atoms with Crippen LogP contribution in [0.15, 0.2) is 24.3 Å². The van der Waals surface area contributed by atoms with Gasteiger partial charge >= 0.3 is 0 Å². The van der Waals surface area contributed by atoms with Crippen molar-refractivity contribution < 1.29 is 13.2 Å². The molecule has 0 aliphatic rings. The molecule has 0 spiro atoms. The van der Waals surface area contributed by atoms with Crippen molar-refractivity contribution >= 4 is 21.8 Å². The predicted molar refractivity (Wildman–Crippen MR) is 81.0 cm³/mol. The number of ether oxygens (including phenoxy) is 1. The molecular formula is C13H21ClN2O3S. The lowest BCUT2D eigenvalue weighted by Crippen LogP contribution is -2.39. The summed E-state index contributed by atoms with van der Waals surface area (Å²) in [5.74, 6) is 0. The van der Waals surface area contributed by atoms with Crippen LogP contribution in [0.3, 0.4) is 0 Å². The van der Waals surface area contributed by atoms with E-state index in [2.05, 4.69) is 0 Å². The van der Waals surface area contributed by atoms with Crippen LogP contribution in [0.1, 0.15) is 12.0 Å². The lowest BCUT2D eigenvalue weighted by Gasteiger charge is -2.24. The van der Waals surface area contributed by atoms with Crippen molar-refractivity contribution in [3.8, 4) is 0 Å². The normalized spacial score (nSPS) is 12.3. The fourth-order valence-electron chi connectivity index (χ4n) is 1.71. The van der Waals surface area contributed by atoms with Gasteiger partial charge in [0.05, 0.1) is 0 Å². The molecule has 0 heterocycles. The summed E-state index contributed by atoms with van der Waals surface area (Å²) in [4.78, 5) is 0. The molecule has 0 saturated heterocycles. The molecule has 114 valence electrons. The molecule has 0 aliphatic heterocycles. The summed E-state index contributed by atoms with van der Waals surface area (Å²) in [6.07, 6.45) is 0.668. The second-order valence-electron chi connectivity index (χ2n) is 4.56. The van der Waals surface area contributed by atoms with E-state index in [4.69, 9.17) is 16.3 Å². The van der Waals surface area contributed by atoms with Crippen LogP contribution in [0.4, 0.5) is 0 Å². The zero-order valence-corrected chi connectivity index (χ0v) is 13.6. The SMILES string of the molecule is COCCCN(C)S(=O)(=O)N(C)Cc1ccc(Cl)cc1. The number of nitrogens with zero attached hydrogens (tertiary/aromatic N) is 2. The van der Waals surface area contributed by atoms with E-state index in [1.54, 1.807) is 33.3 Å². The maximum Gasteiger partial charge on any atom is 0.281 e. The van der Waals surface area contributed by atoms with E-state index in [9.17, 15) is 8.42 Å². The lowest BCUT2D eigenvalue weighted by atomic mass is 10.2. The van der Waals surface area contributed by atoms with Crippen LogP contribution in [0.25, 0.3) is 0 Å². The Kier molecular flexibility index (Phi) is 6.91. The monoisotopic (exact) mass is 320 g/mol. The molecule has 0 atom stereocenters. The van der Waals surface area contributed by atoms with Crippen LogP contribution < -0.4 is 0 Å². The first-order valence-electron chi connectivity index (χ1n) is 6.29. The highest BCUT2D eigenvalue weighted by atomic mass is 35.5. The van der Waals surface area contributed by atoms with Crippen molar-refractivity contribution in [1.82, 2.24) is 8.61 Å². The quantitative estimate of drug-likeness (QED) is 0.688. The second kappa shape index (κ2) is 7.95. The van der Waals surface area contributed by atoms with Crippen molar-refractivity contribution in [3.05, 3.63) is 34.9 Å². The van der Waals surface area contributed by atoms with Crippen molar-refractivity contribution in [2.45, 2.75) is 13.0 Å². The minimum absolute atomic E-state index is 0.314. The molecule has 7 heteroatoms. The molecule has 5 nitrogen and oxygen atoms in total. The van der Waals surface area contributed by atoms with Crippen molar-refractivity contribution in [2.24, 2.45) is 0 Å². The van der Waals surface area contributed by atoms with Gasteiger partial charge in [0.25, 0.3) is 10.2 Å². The van der Waals surface area contributed by atoms with Crippen LogP contribution in [-0.2, 0) is 21.5 Å². The molecule has 0 aromatic heterocycles. The minimum Gasteiger partial charge on any atom is -0.385 e. The molecule has 0 bridgehead atoms. The third kappa shape index (κ3) is 5.03. The highest BCUT2D eigenvalue weighted by Crippen LogP contribution is 2.13. The number of hydrogen-bond acceptors (Lipinski definition) is 3. The second-order valence-corrected chi connectivity index (χ2v) is 7.14. The molecule has 0 unspecified atom stereocenters. The van der Waals surface area contributed by atoms with E-state index in [1.807, 2.05) is 12.1 Å². The van der Waals surface area contributed by atoms with E-state index in [1.165, 1.54) is 8.61 Å². The lowest BCUT2D eigenvalue weighted by molar-refractivity contribution is 0.188. The molecule has 1 aromatic rings. The number of halogens is 1. The number of methoxy groups -OCH3 is 1. The zero-order valence-electron chi connectivity index (χ0n) is 12.0. The van der Waals surface area contributed by atoms with Crippen molar-refractivity contribution in [2.75, 3.05) is 34.4 Å². The first-order chi connectivity index (χ1) is 9.37. The van der Waals surface area contributed by atoms with Gasteiger partial charge < -0.3 is 4.74 Å². The molecule has 0 N–H and O–H groups in total. The third-order valence-electron chi connectivity index (χ3n) is 2.93. The maximum absolute atomic E-state index is 12.3. The van der Waals surface area contributed by atoms with Crippen LogP contribution in [-0.4, -0.2) is 51.4 Å². The Morgan fingerprint density at radius 2 is 1.75 bits per heavy atom. The summed E-state index contributed by atoms with van der Waals surface area (Å²) in [5, 5.41) is 0.635. The number of hydrogen-bond donors (Lipinski definition) is 0. The Morgan fingerprint density at radius 3 is 2.30 bits per heavy atom. The number of benzene rings is 1. The largest absolute Gasteiger partial charge is 0.385 e. The minimum atomic E-state index is -3.45. The van der Waals surface area contributed by atoms with Crippen LogP contribution >= 0.6 is 11.6 Å². The van der Waals surface area contributed by atoms with E-state index >= 15 is 0 Å². The number of rotatable bonds is 8. The average molecular weight is 321 g/mol. The smallest absolute Gasteiger partial charge is 0.281 e. The van der Waals surface area contributed by atoms with E-state index in [-0.39, 0.29) is 0 Å². The van der Waals surface area contributed by atoms with Crippen molar-refractivity contribution in [1.29, 1.82) is 0 Å². The van der Waals surface area contributed by atoms with Gasteiger partial charge in [-0.05, 0) is 24.1 Å². The zero-order chi connectivity index (χ0) is 15.2. The Bertz CT molecular complexity index is 505. The first kappa shape index (κ1) is 17.4. The van der Waals surface area contributed by atoms with Gasteiger partial charge in [-0.2, -0.15) is 17.0 Å². The third-order valence-corrected chi connectivity index (χ3v) is 5.07. The van der Waals surface area contributed by atoms with Gasteiger partial charge in [0.2, 0.25) is 0 Å². The molecule has 0 radical (unpaired) electrons. The molecule has 1 aromatic carbocycles. The van der Waals surface area contributed by atoms with Gasteiger partial charge in [-0.3, -0.25) is 0 Å².